The van der Waals surface area contributed by atoms with E-state index in [-0.39, 0.29) is 17.9 Å². The van der Waals surface area contributed by atoms with Crippen molar-refractivity contribution in [1.29, 1.82) is 0 Å². The zero-order valence-electron chi connectivity index (χ0n) is 18.4. The van der Waals surface area contributed by atoms with Crippen LogP contribution < -0.4 is 5.32 Å². The van der Waals surface area contributed by atoms with Gasteiger partial charge in [-0.25, -0.2) is 4.98 Å². The number of nitrogens with one attached hydrogen (secondary N) is 3. The van der Waals surface area contributed by atoms with Gasteiger partial charge >= 0.3 is 0 Å². The number of aryl methyl sites for hydroxylation is 1. The molecule has 2 aromatic carbocycles. The lowest BCUT2D eigenvalue weighted by molar-refractivity contribution is 0.0712. The van der Waals surface area contributed by atoms with Gasteiger partial charge in [-0.2, -0.15) is 15.4 Å². The Balaban J connectivity index is 1.27. The van der Waals surface area contributed by atoms with Gasteiger partial charge in [0.25, 0.3) is 11.8 Å². The fraction of sp³-hybridized carbons (Fsp3) is 0.208. The molecule has 6 rings (SSSR count). The number of imidazole rings is 1. The van der Waals surface area contributed by atoms with E-state index in [1.54, 1.807) is 29.3 Å². The number of aromatic amines is 2. The molecule has 0 saturated carbocycles. The van der Waals surface area contributed by atoms with E-state index in [9.17, 15) is 9.59 Å². The first kappa shape index (κ1) is 20.2. The number of H-pyrrole nitrogens is 2. The van der Waals surface area contributed by atoms with Crippen LogP contribution in [0.5, 0.6) is 0 Å². The van der Waals surface area contributed by atoms with Crippen LogP contribution in [-0.4, -0.2) is 59.2 Å². The Bertz CT molecular complexity index is 1540. The van der Waals surface area contributed by atoms with Gasteiger partial charge in [-0.05, 0) is 43.3 Å². The zero-order valence-corrected chi connectivity index (χ0v) is 18.4. The fourth-order valence-corrected chi connectivity index (χ4v) is 4.49. The fourth-order valence-electron chi connectivity index (χ4n) is 4.49. The van der Waals surface area contributed by atoms with Crippen molar-refractivity contribution in [3.05, 3.63) is 77.5 Å². The number of amides is 2. The maximum Gasteiger partial charge on any atom is 0.270 e. The van der Waals surface area contributed by atoms with Gasteiger partial charge < -0.3 is 19.8 Å². The Labute approximate surface area is 194 Å². The van der Waals surface area contributed by atoms with E-state index in [1.807, 2.05) is 42.0 Å². The highest BCUT2D eigenvalue weighted by atomic mass is 16.2. The number of rotatable bonds is 3. The number of carbonyl (C=O) groups is 2. The molecule has 10 heteroatoms. The molecule has 4 heterocycles. The summed E-state index contributed by atoms with van der Waals surface area (Å²) in [4.78, 5) is 35.9. The molecule has 10 nitrogen and oxygen atoms in total. The number of carbonyl (C=O) groups excluding carboxylic acids is 2. The van der Waals surface area contributed by atoms with Crippen molar-refractivity contribution >= 4 is 33.8 Å². The van der Waals surface area contributed by atoms with Crippen molar-refractivity contribution in [1.82, 2.24) is 40.2 Å². The molecule has 5 aromatic rings. The topological polar surface area (TPSA) is 125 Å². The lowest BCUT2D eigenvalue weighted by atomic mass is 10.1. The third kappa shape index (κ3) is 3.58. The van der Waals surface area contributed by atoms with Crippen LogP contribution in [0.4, 0.5) is 0 Å². The van der Waals surface area contributed by atoms with Gasteiger partial charge in [-0.1, -0.05) is 11.6 Å². The molecule has 2 amide bonds. The van der Waals surface area contributed by atoms with E-state index >= 15 is 0 Å². The van der Waals surface area contributed by atoms with Gasteiger partial charge in [0.2, 0.25) is 0 Å². The summed E-state index contributed by atoms with van der Waals surface area (Å²) in [6.45, 7) is 3.26. The molecule has 170 valence electrons. The monoisotopic (exact) mass is 454 g/mol. The van der Waals surface area contributed by atoms with Crippen LogP contribution in [0.1, 0.15) is 32.2 Å². The Morgan fingerprint density at radius 1 is 1.06 bits per heavy atom. The highest BCUT2D eigenvalue weighted by Crippen LogP contribution is 2.20. The number of nitrogens with zero attached hydrogens (tertiary/aromatic N) is 5. The largest absolute Gasteiger partial charge is 0.351 e. The molecule has 0 fully saturated rings. The average molecular weight is 454 g/mol. The first-order valence-corrected chi connectivity index (χ1v) is 11.0. The number of benzene rings is 2. The Kier molecular flexibility index (Phi) is 4.65. The summed E-state index contributed by atoms with van der Waals surface area (Å²) >= 11 is 0. The third-order valence-corrected chi connectivity index (χ3v) is 6.20. The highest BCUT2D eigenvalue weighted by Gasteiger charge is 2.28. The predicted octanol–water partition coefficient (Wildman–Crippen LogP) is 2.40. The first-order valence-electron chi connectivity index (χ1n) is 11.0. The lowest BCUT2D eigenvalue weighted by Crippen LogP contribution is -2.45. The molecule has 34 heavy (non-hydrogen) atoms. The standard InChI is InChI=1S/C24H22N8O2/c1-14-2-4-18-16(8-14)10-21(27-18)24(34)32-12-17(11-31-7-6-25-22(31)13-32)26-23(33)15-3-5-19-20(9-15)29-30-28-19/h2-10,17,27H,11-13H2,1H3,(H,26,33)(H,28,29,30). The molecule has 0 saturated heterocycles. The zero-order chi connectivity index (χ0) is 23.2. The van der Waals surface area contributed by atoms with Gasteiger partial charge in [-0.15, -0.1) is 0 Å². The summed E-state index contributed by atoms with van der Waals surface area (Å²) in [5.74, 6) is 0.418. The van der Waals surface area contributed by atoms with Crippen LogP contribution >= 0.6 is 0 Å². The van der Waals surface area contributed by atoms with Gasteiger partial charge in [0.15, 0.2) is 0 Å². The molecule has 0 bridgehead atoms. The van der Waals surface area contributed by atoms with Crippen molar-refractivity contribution < 1.29 is 9.59 Å². The molecule has 1 aliphatic heterocycles. The molecule has 3 N–H and O–H groups in total. The smallest absolute Gasteiger partial charge is 0.270 e. The van der Waals surface area contributed by atoms with Gasteiger partial charge in [0.1, 0.15) is 22.6 Å². The summed E-state index contributed by atoms with van der Waals surface area (Å²) < 4.78 is 1.98. The second-order valence-corrected chi connectivity index (χ2v) is 8.65. The summed E-state index contributed by atoms with van der Waals surface area (Å²) in [7, 11) is 0. The maximum atomic E-state index is 13.5. The normalized spacial score (nSPS) is 15.9. The van der Waals surface area contributed by atoms with E-state index in [1.165, 1.54) is 0 Å². The van der Waals surface area contributed by atoms with Gasteiger partial charge in [0.05, 0.1) is 12.6 Å². The maximum absolute atomic E-state index is 13.5. The molecule has 0 spiro atoms. The molecule has 1 atom stereocenters. The Morgan fingerprint density at radius 2 is 1.94 bits per heavy atom. The first-order chi connectivity index (χ1) is 16.5. The number of hydrogen-bond acceptors (Lipinski definition) is 5. The summed E-state index contributed by atoms with van der Waals surface area (Å²) in [6, 6.07) is 12.8. The van der Waals surface area contributed by atoms with Crippen LogP contribution in [0.3, 0.4) is 0 Å². The minimum Gasteiger partial charge on any atom is -0.351 e. The molecule has 1 aliphatic rings. The number of aromatic nitrogens is 6. The van der Waals surface area contributed by atoms with Crippen LogP contribution in [0.2, 0.25) is 0 Å². The van der Waals surface area contributed by atoms with E-state index in [0.29, 0.717) is 41.9 Å². The summed E-state index contributed by atoms with van der Waals surface area (Å²) in [5, 5.41) is 14.7. The second kappa shape index (κ2) is 7.84. The van der Waals surface area contributed by atoms with Gasteiger partial charge in [-0.3, -0.25) is 9.59 Å². The Hall–Kier alpha value is -4.47. The highest BCUT2D eigenvalue weighted by molar-refractivity contribution is 5.99. The van der Waals surface area contributed by atoms with Crippen LogP contribution in [0.25, 0.3) is 21.9 Å². The average Bonchev–Trinajstić information content (AvgIpc) is 3.55. The summed E-state index contributed by atoms with van der Waals surface area (Å²) in [6.07, 6.45) is 3.59. The second-order valence-electron chi connectivity index (χ2n) is 8.65. The molecule has 3 aromatic heterocycles. The SMILES string of the molecule is Cc1ccc2[nH]c(C(=O)N3Cc4nccn4CC(NC(=O)c4ccc5n[nH]nc5c4)C3)cc2c1. The van der Waals surface area contributed by atoms with Crippen LogP contribution in [-0.2, 0) is 13.1 Å². The molecule has 0 radical (unpaired) electrons. The minimum atomic E-state index is -0.300. The lowest BCUT2D eigenvalue weighted by Gasteiger charge is -2.24. The Morgan fingerprint density at radius 3 is 2.85 bits per heavy atom. The van der Waals surface area contributed by atoms with E-state index in [2.05, 4.69) is 30.7 Å². The van der Waals surface area contributed by atoms with Crippen molar-refractivity contribution in [2.75, 3.05) is 6.54 Å². The van der Waals surface area contributed by atoms with E-state index in [0.717, 1.165) is 22.3 Å². The minimum absolute atomic E-state index is 0.131. The molecule has 0 aliphatic carbocycles. The third-order valence-electron chi connectivity index (χ3n) is 6.20. The van der Waals surface area contributed by atoms with Crippen molar-refractivity contribution in [2.45, 2.75) is 26.1 Å². The number of fused-ring (bicyclic) bond motifs is 3. The summed E-state index contributed by atoms with van der Waals surface area (Å²) in [5.41, 5.74) is 4.37. The van der Waals surface area contributed by atoms with Crippen LogP contribution in [0, 0.1) is 6.92 Å². The van der Waals surface area contributed by atoms with Crippen molar-refractivity contribution in [3.63, 3.8) is 0 Å². The quantitative estimate of drug-likeness (QED) is 0.386. The van der Waals surface area contributed by atoms with Crippen molar-refractivity contribution in [3.8, 4) is 0 Å². The van der Waals surface area contributed by atoms with Gasteiger partial charge in [0, 0.05) is 41.9 Å². The van der Waals surface area contributed by atoms with Crippen molar-refractivity contribution in [2.24, 2.45) is 0 Å². The van der Waals surface area contributed by atoms with E-state index < -0.39 is 0 Å². The molecule has 1 unspecified atom stereocenters. The number of hydrogen-bond donors (Lipinski definition) is 3. The predicted molar refractivity (Wildman–Crippen MR) is 125 cm³/mol. The molecular formula is C24H22N8O2. The molecular weight excluding hydrogens is 432 g/mol. The van der Waals surface area contributed by atoms with E-state index in [4.69, 9.17) is 0 Å². The van der Waals surface area contributed by atoms with Crippen LogP contribution in [0.15, 0.2) is 54.9 Å².